The molecule has 1 aromatic carbocycles. The number of benzene rings is 1. The fraction of sp³-hybridized carbons (Fsp3) is 0.417. The molecule has 1 saturated heterocycles. The highest BCUT2D eigenvalue weighted by molar-refractivity contribution is 6.35. The number of piperazine rings is 1. The van der Waals surface area contributed by atoms with E-state index in [4.69, 9.17) is 11.6 Å². The molecule has 3 amide bonds. The zero-order valence-corrected chi connectivity index (χ0v) is 20.2. The van der Waals surface area contributed by atoms with E-state index in [0.29, 0.717) is 43.4 Å². The number of carbonyl (C=O) groups excluding carboxylic acids is 3. The molecule has 1 fully saturated rings. The van der Waals surface area contributed by atoms with Gasteiger partial charge in [-0.15, -0.1) is 0 Å². The van der Waals surface area contributed by atoms with Crippen LogP contribution in [0.15, 0.2) is 30.3 Å². The third-order valence-corrected chi connectivity index (χ3v) is 5.85. The summed E-state index contributed by atoms with van der Waals surface area (Å²) in [7, 11) is 0. The number of nitrogens with one attached hydrogen (secondary N) is 1. The third kappa shape index (κ3) is 6.22. The highest BCUT2D eigenvalue weighted by Gasteiger charge is 2.27. The second kappa shape index (κ2) is 10.7. The minimum atomic E-state index is -0.613. The van der Waals surface area contributed by atoms with Crippen LogP contribution < -0.4 is 5.32 Å². The van der Waals surface area contributed by atoms with Crippen LogP contribution in [0.4, 0.5) is 0 Å². The van der Waals surface area contributed by atoms with E-state index in [2.05, 4.69) is 10.4 Å². The van der Waals surface area contributed by atoms with Gasteiger partial charge in [-0.2, -0.15) is 5.10 Å². The number of nitrogens with zero attached hydrogens (tertiary/aromatic N) is 4. The van der Waals surface area contributed by atoms with E-state index in [1.54, 1.807) is 29.5 Å². The summed E-state index contributed by atoms with van der Waals surface area (Å²) in [5, 5.41) is 7.59. The predicted molar refractivity (Wildman–Crippen MR) is 128 cm³/mol. The van der Waals surface area contributed by atoms with Gasteiger partial charge in [0.25, 0.3) is 0 Å². The molecular formula is C24H30ClN5O3. The molecule has 3 rings (SSSR count). The molecule has 0 aliphatic carbocycles. The lowest BCUT2D eigenvalue weighted by Gasteiger charge is -2.33. The Morgan fingerprint density at radius 1 is 1.06 bits per heavy atom. The smallest absolute Gasteiger partial charge is 0.312 e. The van der Waals surface area contributed by atoms with Gasteiger partial charge in [-0.25, -0.2) is 4.68 Å². The second-order valence-corrected chi connectivity index (χ2v) is 8.87. The van der Waals surface area contributed by atoms with Gasteiger partial charge in [0.15, 0.2) is 0 Å². The minimum absolute atomic E-state index is 0.106. The summed E-state index contributed by atoms with van der Waals surface area (Å²) >= 11 is 6.54. The Morgan fingerprint density at radius 3 is 2.27 bits per heavy atom. The third-order valence-electron chi connectivity index (χ3n) is 5.45. The van der Waals surface area contributed by atoms with E-state index in [-0.39, 0.29) is 11.9 Å². The van der Waals surface area contributed by atoms with Crippen LogP contribution in [0.5, 0.6) is 0 Å². The summed E-state index contributed by atoms with van der Waals surface area (Å²) in [6.45, 7) is 9.40. The normalized spacial score (nSPS) is 14.2. The van der Waals surface area contributed by atoms with Gasteiger partial charge in [0.1, 0.15) is 5.15 Å². The molecule has 0 atom stereocenters. The fourth-order valence-electron chi connectivity index (χ4n) is 3.59. The van der Waals surface area contributed by atoms with Gasteiger partial charge in [0.05, 0.1) is 12.2 Å². The molecular weight excluding hydrogens is 442 g/mol. The molecule has 9 heteroatoms. The first-order valence-corrected chi connectivity index (χ1v) is 11.4. The van der Waals surface area contributed by atoms with Crippen LogP contribution in [0.25, 0.3) is 6.08 Å². The van der Waals surface area contributed by atoms with Gasteiger partial charge in [0, 0.05) is 43.9 Å². The van der Waals surface area contributed by atoms with Crippen LogP contribution in [-0.4, -0.2) is 69.5 Å². The molecule has 8 nitrogen and oxygen atoms in total. The fourth-order valence-corrected chi connectivity index (χ4v) is 3.88. The minimum Gasteiger partial charge on any atom is -0.346 e. The SMILES string of the molecule is Cc1ccc(Cn2nc(C)c(/C=C/C(=O)N3CCN(C(=O)C(=O)NC(C)C)CC3)c2Cl)cc1. The first-order chi connectivity index (χ1) is 15.7. The Labute approximate surface area is 199 Å². The number of hydrogen-bond donors (Lipinski definition) is 1. The lowest BCUT2D eigenvalue weighted by molar-refractivity contribution is -0.148. The maximum Gasteiger partial charge on any atom is 0.312 e. The zero-order chi connectivity index (χ0) is 24.1. The Kier molecular flexibility index (Phi) is 7.92. The summed E-state index contributed by atoms with van der Waals surface area (Å²) in [4.78, 5) is 39.9. The van der Waals surface area contributed by atoms with Crippen molar-refractivity contribution < 1.29 is 14.4 Å². The van der Waals surface area contributed by atoms with Gasteiger partial charge in [-0.3, -0.25) is 14.4 Å². The van der Waals surface area contributed by atoms with E-state index >= 15 is 0 Å². The standard InChI is InChI=1S/C24H30ClN5O3/c1-16(2)26-23(32)24(33)29-13-11-28(12-14-29)21(31)10-9-20-18(4)27-30(22(20)25)15-19-7-5-17(3)6-8-19/h5-10,16H,11-15H2,1-4H3,(H,26,32)/b10-9+. The second-order valence-electron chi connectivity index (χ2n) is 8.51. The zero-order valence-electron chi connectivity index (χ0n) is 19.5. The summed E-state index contributed by atoms with van der Waals surface area (Å²) in [6, 6.07) is 8.06. The highest BCUT2D eigenvalue weighted by atomic mass is 35.5. The van der Waals surface area contributed by atoms with E-state index in [9.17, 15) is 14.4 Å². The molecule has 2 aromatic rings. The Bertz CT molecular complexity index is 1050. The van der Waals surface area contributed by atoms with E-state index < -0.39 is 11.8 Å². The summed E-state index contributed by atoms with van der Waals surface area (Å²) < 4.78 is 1.72. The number of amides is 3. The summed E-state index contributed by atoms with van der Waals surface area (Å²) in [6.07, 6.45) is 3.17. The summed E-state index contributed by atoms with van der Waals surface area (Å²) in [5.74, 6) is -1.34. The van der Waals surface area contributed by atoms with Gasteiger partial charge >= 0.3 is 11.8 Å². The van der Waals surface area contributed by atoms with Crippen LogP contribution in [0.2, 0.25) is 5.15 Å². The molecule has 176 valence electrons. The Hall–Kier alpha value is -3.13. The predicted octanol–water partition coefficient (Wildman–Crippen LogP) is 2.41. The van der Waals surface area contributed by atoms with Crippen molar-refractivity contribution in [3.8, 4) is 0 Å². The average molecular weight is 472 g/mol. The molecule has 33 heavy (non-hydrogen) atoms. The molecule has 0 spiro atoms. The molecule has 0 bridgehead atoms. The van der Waals surface area contributed by atoms with Crippen molar-refractivity contribution in [3.63, 3.8) is 0 Å². The summed E-state index contributed by atoms with van der Waals surface area (Å²) in [5.41, 5.74) is 3.72. The van der Waals surface area contributed by atoms with Crippen LogP contribution in [0.3, 0.4) is 0 Å². The van der Waals surface area contributed by atoms with Crippen molar-refractivity contribution in [2.24, 2.45) is 0 Å². The number of aromatic nitrogens is 2. The van der Waals surface area contributed by atoms with E-state index in [0.717, 1.165) is 11.3 Å². The first kappa shape index (κ1) is 24.5. The topological polar surface area (TPSA) is 87.5 Å². The van der Waals surface area contributed by atoms with E-state index in [1.165, 1.54) is 16.5 Å². The number of rotatable bonds is 5. The van der Waals surface area contributed by atoms with Gasteiger partial charge in [-0.1, -0.05) is 41.4 Å². The van der Waals surface area contributed by atoms with Crippen molar-refractivity contribution in [2.45, 2.75) is 40.3 Å². The average Bonchev–Trinajstić information content (AvgIpc) is 3.05. The van der Waals surface area contributed by atoms with Crippen molar-refractivity contribution in [3.05, 3.63) is 57.9 Å². The number of aryl methyl sites for hydroxylation is 2. The van der Waals surface area contributed by atoms with Crippen molar-refractivity contribution in [2.75, 3.05) is 26.2 Å². The van der Waals surface area contributed by atoms with Gasteiger partial charge in [0.2, 0.25) is 5.91 Å². The van der Waals surface area contributed by atoms with Crippen molar-refractivity contribution in [1.29, 1.82) is 0 Å². The maximum absolute atomic E-state index is 12.7. The molecule has 0 saturated carbocycles. The quantitative estimate of drug-likeness (QED) is 0.536. The Morgan fingerprint density at radius 2 is 1.67 bits per heavy atom. The molecule has 2 heterocycles. The van der Waals surface area contributed by atoms with Crippen LogP contribution >= 0.6 is 11.6 Å². The maximum atomic E-state index is 12.7. The number of halogens is 1. The molecule has 1 aromatic heterocycles. The molecule has 1 N–H and O–H groups in total. The van der Waals surface area contributed by atoms with Crippen LogP contribution in [-0.2, 0) is 20.9 Å². The highest BCUT2D eigenvalue weighted by Crippen LogP contribution is 2.22. The number of carbonyl (C=O) groups is 3. The largest absolute Gasteiger partial charge is 0.346 e. The lowest BCUT2D eigenvalue weighted by Crippen LogP contribution is -2.54. The molecule has 1 aliphatic rings. The van der Waals surface area contributed by atoms with Crippen molar-refractivity contribution >= 4 is 35.4 Å². The Balaban J connectivity index is 1.59. The van der Waals surface area contributed by atoms with E-state index in [1.807, 2.05) is 38.1 Å². The monoisotopic (exact) mass is 471 g/mol. The van der Waals surface area contributed by atoms with Gasteiger partial charge < -0.3 is 15.1 Å². The van der Waals surface area contributed by atoms with Crippen molar-refractivity contribution in [1.82, 2.24) is 24.9 Å². The van der Waals surface area contributed by atoms with Crippen LogP contribution in [0.1, 0.15) is 36.2 Å². The lowest BCUT2D eigenvalue weighted by atomic mass is 10.1. The molecule has 0 unspecified atom stereocenters. The number of hydrogen-bond acceptors (Lipinski definition) is 4. The van der Waals surface area contributed by atoms with Crippen LogP contribution in [0, 0.1) is 13.8 Å². The molecule has 0 radical (unpaired) electrons. The first-order valence-electron chi connectivity index (χ1n) is 11.0. The molecule has 1 aliphatic heterocycles. The van der Waals surface area contributed by atoms with Gasteiger partial charge in [-0.05, 0) is 39.3 Å².